The maximum atomic E-state index is 11.1. The summed E-state index contributed by atoms with van der Waals surface area (Å²) in [6.07, 6.45) is 1.85. The lowest BCUT2D eigenvalue weighted by Gasteiger charge is -2.18. The van der Waals surface area contributed by atoms with Gasteiger partial charge in [0, 0.05) is 13.8 Å². The van der Waals surface area contributed by atoms with Gasteiger partial charge in [0.05, 0.1) is 19.3 Å². The van der Waals surface area contributed by atoms with Gasteiger partial charge in [-0.1, -0.05) is 0 Å². The summed E-state index contributed by atoms with van der Waals surface area (Å²) in [7, 11) is 0. The Balaban J connectivity index is 1.68. The average molecular weight is 268 g/mol. The smallest absolute Gasteiger partial charge is 0.302 e. The van der Waals surface area contributed by atoms with Crippen LogP contribution in [-0.4, -0.2) is 37.4 Å². The Morgan fingerprint density at radius 3 is 2.68 bits per heavy atom. The van der Waals surface area contributed by atoms with Gasteiger partial charge in [-0.05, 0) is 36.5 Å². The third-order valence-corrected chi connectivity index (χ3v) is 4.82. The van der Waals surface area contributed by atoms with Crippen LogP contribution >= 0.6 is 0 Å². The SMILES string of the molecule is CC(=O)OC[C@H]1C[C@H]2CO[C@@H]3[C@H]2[C@H]1C[C@H]3OC(C)=O. The number of hydrogen-bond donors (Lipinski definition) is 0. The van der Waals surface area contributed by atoms with E-state index in [2.05, 4.69) is 0 Å². The van der Waals surface area contributed by atoms with Gasteiger partial charge in [0.25, 0.3) is 0 Å². The third-order valence-electron chi connectivity index (χ3n) is 4.82. The molecular formula is C14H20O5. The number of hydrogen-bond acceptors (Lipinski definition) is 5. The van der Waals surface area contributed by atoms with Crippen LogP contribution < -0.4 is 0 Å². The highest BCUT2D eigenvalue weighted by Gasteiger charge is 2.59. The van der Waals surface area contributed by atoms with E-state index >= 15 is 0 Å². The van der Waals surface area contributed by atoms with Gasteiger partial charge in [-0.3, -0.25) is 9.59 Å². The molecule has 0 spiro atoms. The van der Waals surface area contributed by atoms with Crippen molar-refractivity contribution in [3.8, 4) is 0 Å². The Morgan fingerprint density at radius 1 is 1.21 bits per heavy atom. The van der Waals surface area contributed by atoms with E-state index in [9.17, 15) is 9.59 Å². The topological polar surface area (TPSA) is 61.8 Å². The molecule has 6 atom stereocenters. The van der Waals surface area contributed by atoms with E-state index in [1.54, 1.807) is 0 Å². The number of rotatable bonds is 3. The minimum absolute atomic E-state index is 0.0567. The number of carbonyl (C=O) groups is 2. The van der Waals surface area contributed by atoms with Crippen LogP contribution in [0.25, 0.3) is 0 Å². The fourth-order valence-corrected chi connectivity index (χ4v) is 4.27. The van der Waals surface area contributed by atoms with E-state index in [1.807, 2.05) is 0 Å². The van der Waals surface area contributed by atoms with Crippen LogP contribution in [0, 0.1) is 23.7 Å². The van der Waals surface area contributed by atoms with Crippen molar-refractivity contribution in [2.24, 2.45) is 23.7 Å². The standard InChI is InChI=1S/C14H20O5/c1-7(15)17-5-9-3-10-6-18-14-12(19-8(2)16)4-11(9)13(10)14/h9-14H,3-6H2,1-2H3/t9-,10+,11+,12-,13-,14+/m1/s1. The highest BCUT2D eigenvalue weighted by Crippen LogP contribution is 2.56. The Bertz CT molecular complexity index is 393. The van der Waals surface area contributed by atoms with E-state index in [1.165, 1.54) is 13.8 Å². The second-order valence-electron chi connectivity index (χ2n) is 5.98. The molecule has 3 fully saturated rings. The summed E-state index contributed by atoms with van der Waals surface area (Å²) in [5.74, 6) is 1.40. The van der Waals surface area contributed by atoms with E-state index in [-0.39, 0.29) is 24.1 Å². The van der Waals surface area contributed by atoms with Crippen molar-refractivity contribution >= 4 is 11.9 Å². The predicted molar refractivity (Wildman–Crippen MR) is 65.1 cm³/mol. The Morgan fingerprint density at radius 2 is 2.00 bits per heavy atom. The lowest BCUT2D eigenvalue weighted by atomic mass is 9.91. The zero-order chi connectivity index (χ0) is 13.6. The molecule has 19 heavy (non-hydrogen) atoms. The molecule has 0 radical (unpaired) electrons. The summed E-state index contributed by atoms with van der Waals surface area (Å²) >= 11 is 0. The summed E-state index contributed by atoms with van der Waals surface area (Å²) in [5, 5.41) is 0. The summed E-state index contributed by atoms with van der Waals surface area (Å²) in [6.45, 7) is 4.13. The molecule has 3 rings (SSSR count). The quantitative estimate of drug-likeness (QED) is 0.719. The van der Waals surface area contributed by atoms with Gasteiger partial charge in [-0.25, -0.2) is 0 Å². The molecule has 0 N–H and O–H groups in total. The Kier molecular flexibility index (Phi) is 3.25. The summed E-state index contributed by atoms with van der Waals surface area (Å²) < 4.78 is 16.4. The molecule has 0 unspecified atom stereocenters. The monoisotopic (exact) mass is 268 g/mol. The summed E-state index contributed by atoms with van der Waals surface area (Å²) in [6, 6.07) is 0. The molecule has 1 saturated heterocycles. The second kappa shape index (κ2) is 4.78. The van der Waals surface area contributed by atoms with Crippen molar-refractivity contribution < 1.29 is 23.8 Å². The van der Waals surface area contributed by atoms with Gasteiger partial charge in [-0.15, -0.1) is 0 Å². The zero-order valence-electron chi connectivity index (χ0n) is 11.3. The van der Waals surface area contributed by atoms with Crippen LogP contribution in [-0.2, 0) is 23.8 Å². The minimum Gasteiger partial charge on any atom is -0.466 e. The minimum atomic E-state index is -0.242. The van der Waals surface area contributed by atoms with Crippen molar-refractivity contribution in [3.05, 3.63) is 0 Å². The zero-order valence-corrected chi connectivity index (χ0v) is 11.3. The van der Waals surface area contributed by atoms with Crippen LogP contribution in [0.5, 0.6) is 0 Å². The maximum absolute atomic E-state index is 11.1. The molecule has 0 amide bonds. The van der Waals surface area contributed by atoms with Gasteiger partial charge in [0.2, 0.25) is 0 Å². The molecule has 0 aromatic heterocycles. The largest absolute Gasteiger partial charge is 0.466 e. The highest BCUT2D eigenvalue weighted by molar-refractivity contribution is 5.66. The summed E-state index contributed by atoms with van der Waals surface area (Å²) in [5.41, 5.74) is 0. The van der Waals surface area contributed by atoms with Crippen molar-refractivity contribution in [2.75, 3.05) is 13.2 Å². The molecule has 2 aliphatic carbocycles. The van der Waals surface area contributed by atoms with Crippen LogP contribution in [0.2, 0.25) is 0 Å². The molecule has 0 bridgehead atoms. The highest BCUT2D eigenvalue weighted by atomic mass is 16.6. The van der Waals surface area contributed by atoms with Crippen molar-refractivity contribution in [2.45, 2.75) is 38.9 Å². The lowest BCUT2D eigenvalue weighted by molar-refractivity contribution is -0.151. The molecule has 3 aliphatic rings. The number of ether oxygens (including phenoxy) is 3. The van der Waals surface area contributed by atoms with Gasteiger partial charge >= 0.3 is 11.9 Å². The van der Waals surface area contributed by atoms with Crippen molar-refractivity contribution in [1.29, 1.82) is 0 Å². The molecule has 5 nitrogen and oxygen atoms in total. The lowest BCUT2D eigenvalue weighted by Crippen LogP contribution is -2.28. The molecule has 106 valence electrons. The van der Waals surface area contributed by atoms with E-state index in [4.69, 9.17) is 14.2 Å². The van der Waals surface area contributed by atoms with Gasteiger partial charge in [-0.2, -0.15) is 0 Å². The number of carbonyl (C=O) groups excluding carboxylic acids is 2. The summed E-state index contributed by atoms with van der Waals surface area (Å²) in [4.78, 5) is 22.1. The number of esters is 2. The van der Waals surface area contributed by atoms with Crippen LogP contribution in [0.3, 0.4) is 0 Å². The molecule has 1 aliphatic heterocycles. The van der Waals surface area contributed by atoms with Gasteiger partial charge < -0.3 is 14.2 Å². The maximum Gasteiger partial charge on any atom is 0.302 e. The van der Waals surface area contributed by atoms with Crippen molar-refractivity contribution in [3.63, 3.8) is 0 Å². The first kappa shape index (κ1) is 12.9. The first-order valence-corrected chi connectivity index (χ1v) is 6.98. The van der Waals surface area contributed by atoms with E-state index in [0.717, 1.165) is 19.4 Å². The van der Waals surface area contributed by atoms with Crippen LogP contribution in [0.4, 0.5) is 0 Å². The first-order chi connectivity index (χ1) is 9.06. The Hall–Kier alpha value is -1.10. The molecule has 0 aromatic carbocycles. The second-order valence-corrected chi connectivity index (χ2v) is 5.98. The predicted octanol–water partition coefficient (Wildman–Crippen LogP) is 1.15. The average Bonchev–Trinajstić information content (AvgIpc) is 2.93. The van der Waals surface area contributed by atoms with E-state index in [0.29, 0.717) is 30.3 Å². The first-order valence-electron chi connectivity index (χ1n) is 6.98. The fraction of sp³-hybridized carbons (Fsp3) is 0.857. The van der Waals surface area contributed by atoms with E-state index < -0.39 is 0 Å². The molecular weight excluding hydrogens is 248 g/mol. The molecule has 1 heterocycles. The normalized spacial score (nSPS) is 43.1. The van der Waals surface area contributed by atoms with Crippen LogP contribution in [0.15, 0.2) is 0 Å². The fourth-order valence-electron chi connectivity index (χ4n) is 4.27. The third kappa shape index (κ3) is 2.24. The molecule has 2 saturated carbocycles. The Labute approximate surface area is 112 Å². The van der Waals surface area contributed by atoms with Crippen LogP contribution in [0.1, 0.15) is 26.7 Å². The van der Waals surface area contributed by atoms with Crippen molar-refractivity contribution in [1.82, 2.24) is 0 Å². The van der Waals surface area contributed by atoms with Gasteiger partial charge in [0.15, 0.2) is 0 Å². The van der Waals surface area contributed by atoms with Gasteiger partial charge in [0.1, 0.15) is 6.10 Å². The molecule has 5 heteroatoms. The molecule has 0 aromatic rings.